The van der Waals surface area contributed by atoms with Crippen LogP contribution in [0.4, 0.5) is 0 Å². The Morgan fingerprint density at radius 1 is 1.24 bits per heavy atom. The molecule has 1 aromatic carbocycles. The van der Waals surface area contributed by atoms with E-state index >= 15 is 0 Å². The second-order valence-electron chi connectivity index (χ2n) is 9.28. The number of carbonyl (C=O) groups is 3. The van der Waals surface area contributed by atoms with Gasteiger partial charge in [0.05, 0.1) is 5.92 Å². The standard InChI is InChI=1S/C26H36N4O4/c1-5-14-25(15-18(2)3,24(33)29-27)23(32)26(16-19(4)17-28-26)21(22(31)30-34)13-9-12-20-10-7-6-8-11-20/h6-12,16-18,21,34H,5,13-15,27H2,1-4H3,(H,29,33)(H,30,31)/b12-9+/t21-,25?,26-/m1/s1. The van der Waals surface area contributed by atoms with Gasteiger partial charge >= 0.3 is 0 Å². The van der Waals surface area contributed by atoms with E-state index in [2.05, 4.69) is 10.4 Å². The van der Waals surface area contributed by atoms with Crippen LogP contribution in [0.3, 0.4) is 0 Å². The largest absolute Gasteiger partial charge is 0.295 e. The maximum atomic E-state index is 14.4. The molecule has 0 bridgehead atoms. The van der Waals surface area contributed by atoms with Crippen LogP contribution in [0.25, 0.3) is 6.08 Å². The molecule has 2 rings (SSSR count). The number of benzene rings is 1. The van der Waals surface area contributed by atoms with Gasteiger partial charge < -0.3 is 0 Å². The van der Waals surface area contributed by atoms with Crippen LogP contribution in [0.15, 0.2) is 53.0 Å². The molecule has 1 unspecified atom stereocenters. The van der Waals surface area contributed by atoms with Crippen molar-refractivity contribution >= 4 is 29.9 Å². The van der Waals surface area contributed by atoms with E-state index < -0.39 is 34.5 Å². The fourth-order valence-corrected chi connectivity index (χ4v) is 4.83. The Labute approximate surface area is 201 Å². The minimum atomic E-state index is -1.66. The van der Waals surface area contributed by atoms with Gasteiger partial charge in [-0.05, 0) is 49.3 Å². The summed E-state index contributed by atoms with van der Waals surface area (Å²) in [6.45, 7) is 7.51. The summed E-state index contributed by atoms with van der Waals surface area (Å²) in [5.41, 5.74) is 2.36. The minimum absolute atomic E-state index is 0.00315. The number of hydrogen-bond acceptors (Lipinski definition) is 6. The molecular formula is C26H36N4O4. The quantitative estimate of drug-likeness (QED) is 0.123. The molecule has 0 saturated carbocycles. The van der Waals surface area contributed by atoms with Crippen LogP contribution in [0.2, 0.25) is 0 Å². The van der Waals surface area contributed by atoms with Crippen molar-refractivity contribution in [2.24, 2.45) is 28.1 Å². The highest BCUT2D eigenvalue weighted by Crippen LogP contribution is 2.44. The number of hydroxylamine groups is 1. The molecule has 0 aliphatic carbocycles. The number of nitrogens with one attached hydrogen (secondary N) is 2. The van der Waals surface area contributed by atoms with E-state index in [0.717, 1.165) is 5.56 Å². The zero-order valence-corrected chi connectivity index (χ0v) is 20.4. The average Bonchev–Trinajstić information content (AvgIpc) is 3.22. The number of nitrogens with two attached hydrogens (primary N) is 1. The topological polar surface area (TPSA) is 134 Å². The molecule has 1 aliphatic heterocycles. The summed E-state index contributed by atoms with van der Waals surface area (Å²) < 4.78 is 0. The van der Waals surface area contributed by atoms with Gasteiger partial charge in [0.1, 0.15) is 5.41 Å². The van der Waals surface area contributed by atoms with Crippen LogP contribution < -0.4 is 16.7 Å². The number of hydrazine groups is 1. The van der Waals surface area contributed by atoms with Crippen molar-refractivity contribution in [1.82, 2.24) is 10.9 Å². The fourth-order valence-electron chi connectivity index (χ4n) is 4.83. The van der Waals surface area contributed by atoms with E-state index in [9.17, 15) is 19.6 Å². The third kappa shape index (κ3) is 5.69. The zero-order valence-electron chi connectivity index (χ0n) is 20.4. The predicted molar refractivity (Wildman–Crippen MR) is 133 cm³/mol. The van der Waals surface area contributed by atoms with Gasteiger partial charge in [0.15, 0.2) is 11.3 Å². The number of nitrogens with zero attached hydrogens (tertiary/aromatic N) is 1. The first-order valence-electron chi connectivity index (χ1n) is 11.6. The van der Waals surface area contributed by atoms with Crippen LogP contribution in [0, 0.1) is 17.3 Å². The lowest BCUT2D eigenvalue weighted by Crippen LogP contribution is -2.59. The Morgan fingerprint density at radius 3 is 2.41 bits per heavy atom. The third-order valence-electron chi connectivity index (χ3n) is 6.17. The molecule has 0 saturated heterocycles. The summed E-state index contributed by atoms with van der Waals surface area (Å²) in [5, 5.41) is 9.54. The van der Waals surface area contributed by atoms with Crippen molar-refractivity contribution in [2.75, 3.05) is 0 Å². The van der Waals surface area contributed by atoms with Gasteiger partial charge in [-0.1, -0.05) is 69.7 Å². The lowest BCUT2D eigenvalue weighted by atomic mass is 9.63. The van der Waals surface area contributed by atoms with Crippen LogP contribution in [-0.2, 0) is 14.4 Å². The number of carbonyl (C=O) groups excluding carboxylic acids is 3. The Hall–Kier alpha value is -3.10. The second kappa shape index (κ2) is 11.9. The monoisotopic (exact) mass is 468 g/mol. The maximum Gasteiger partial charge on any atom is 0.250 e. The SMILES string of the molecule is CCCC(CC(C)C)(C(=O)NN)C(=O)[C@]1([C@H](C/C=C/c2ccccc2)C(=O)NO)C=C(C)C=N1. The van der Waals surface area contributed by atoms with E-state index in [0.29, 0.717) is 12.0 Å². The summed E-state index contributed by atoms with van der Waals surface area (Å²) in [7, 11) is 0. The normalized spacial score (nSPS) is 20.1. The summed E-state index contributed by atoms with van der Waals surface area (Å²) in [4.78, 5) is 45.0. The number of Topliss-reactive ketones (excluding diaryl/α,β-unsaturated/α-hetero) is 1. The molecule has 0 spiro atoms. The Kier molecular flexibility index (Phi) is 9.46. The van der Waals surface area contributed by atoms with Gasteiger partial charge in [-0.25, -0.2) is 11.3 Å². The number of amides is 2. The minimum Gasteiger partial charge on any atom is -0.295 e. The van der Waals surface area contributed by atoms with E-state index in [4.69, 9.17) is 5.84 Å². The zero-order chi connectivity index (χ0) is 25.4. The van der Waals surface area contributed by atoms with Gasteiger partial charge in [-0.15, -0.1) is 0 Å². The Bertz CT molecular complexity index is 970. The molecule has 8 heteroatoms. The first-order valence-corrected chi connectivity index (χ1v) is 11.6. The van der Waals surface area contributed by atoms with Crippen molar-refractivity contribution in [3.8, 4) is 0 Å². The van der Waals surface area contributed by atoms with Gasteiger partial charge in [0, 0.05) is 6.21 Å². The summed E-state index contributed by atoms with van der Waals surface area (Å²) in [6.07, 6.45) is 7.94. The first kappa shape index (κ1) is 27.1. The van der Waals surface area contributed by atoms with Gasteiger partial charge in [0.2, 0.25) is 11.8 Å². The molecule has 2 amide bonds. The molecular weight excluding hydrogens is 432 g/mol. The summed E-state index contributed by atoms with van der Waals surface area (Å²) >= 11 is 0. The first-order chi connectivity index (χ1) is 16.2. The van der Waals surface area contributed by atoms with Gasteiger partial charge in [0.25, 0.3) is 0 Å². The van der Waals surface area contributed by atoms with Crippen molar-refractivity contribution < 1.29 is 19.6 Å². The second-order valence-corrected chi connectivity index (χ2v) is 9.28. The summed E-state index contributed by atoms with van der Waals surface area (Å²) in [6, 6.07) is 9.52. The smallest absolute Gasteiger partial charge is 0.250 e. The van der Waals surface area contributed by atoms with Gasteiger partial charge in [-0.2, -0.15) is 0 Å². The maximum absolute atomic E-state index is 14.4. The number of aliphatic imine (C=N–C) groups is 1. The fraction of sp³-hybridized carbons (Fsp3) is 0.462. The molecule has 184 valence electrons. The number of rotatable bonds is 12. The molecule has 8 nitrogen and oxygen atoms in total. The molecule has 3 atom stereocenters. The molecule has 5 N–H and O–H groups in total. The number of hydrogen-bond donors (Lipinski definition) is 4. The van der Waals surface area contributed by atoms with E-state index in [1.165, 1.54) is 6.21 Å². The molecule has 1 aliphatic rings. The predicted octanol–water partition coefficient (Wildman–Crippen LogP) is 3.37. The van der Waals surface area contributed by atoms with Crippen LogP contribution in [0.5, 0.6) is 0 Å². The Morgan fingerprint density at radius 2 is 1.91 bits per heavy atom. The lowest BCUT2D eigenvalue weighted by Gasteiger charge is -2.40. The average molecular weight is 469 g/mol. The highest BCUT2D eigenvalue weighted by molar-refractivity contribution is 6.14. The van der Waals surface area contributed by atoms with E-state index in [1.807, 2.05) is 57.2 Å². The van der Waals surface area contributed by atoms with Crippen molar-refractivity contribution in [2.45, 2.75) is 58.9 Å². The molecule has 34 heavy (non-hydrogen) atoms. The molecule has 0 fully saturated rings. The molecule has 1 aromatic rings. The number of ketones is 1. The highest BCUT2D eigenvalue weighted by atomic mass is 16.5. The highest BCUT2D eigenvalue weighted by Gasteiger charge is 2.58. The molecule has 0 aromatic heterocycles. The third-order valence-corrected chi connectivity index (χ3v) is 6.17. The van der Waals surface area contributed by atoms with Crippen LogP contribution in [-0.4, -0.2) is 34.6 Å². The molecule has 1 heterocycles. The lowest BCUT2D eigenvalue weighted by molar-refractivity contribution is -0.150. The number of allylic oxidation sites excluding steroid dienone is 2. The van der Waals surface area contributed by atoms with E-state index in [1.54, 1.807) is 24.6 Å². The Balaban J connectivity index is 2.62. The molecule has 0 radical (unpaired) electrons. The van der Waals surface area contributed by atoms with Crippen molar-refractivity contribution in [3.63, 3.8) is 0 Å². The van der Waals surface area contributed by atoms with E-state index in [-0.39, 0.29) is 25.2 Å². The summed E-state index contributed by atoms with van der Waals surface area (Å²) in [5.74, 6) is 2.63. The van der Waals surface area contributed by atoms with Crippen LogP contribution >= 0.6 is 0 Å². The van der Waals surface area contributed by atoms with Crippen molar-refractivity contribution in [1.29, 1.82) is 0 Å². The van der Waals surface area contributed by atoms with Crippen molar-refractivity contribution in [3.05, 3.63) is 53.6 Å². The van der Waals surface area contributed by atoms with Gasteiger partial charge in [-0.3, -0.25) is 30.0 Å². The van der Waals surface area contributed by atoms with Crippen LogP contribution in [0.1, 0.15) is 58.9 Å².